The molecule has 0 heterocycles. The molecule has 20 heavy (non-hydrogen) atoms. The lowest BCUT2D eigenvalue weighted by Crippen LogP contribution is -2.26. The minimum absolute atomic E-state index is 0.191. The highest BCUT2D eigenvalue weighted by molar-refractivity contribution is 6.05. The van der Waals surface area contributed by atoms with Gasteiger partial charge in [-0.25, -0.2) is 4.79 Å². The Hall–Kier alpha value is -2.44. The first-order valence-electron chi connectivity index (χ1n) is 6.27. The van der Waals surface area contributed by atoms with E-state index in [0.29, 0.717) is 6.54 Å². The number of hydrogen-bond donors (Lipinski definition) is 2. The van der Waals surface area contributed by atoms with Crippen LogP contribution < -0.4 is 5.32 Å². The van der Waals surface area contributed by atoms with Gasteiger partial charge in [-0.15, -0.1) is 0 Å². The van der Waals surface area contributed by atoms with Crippen molar-refractivity contribution in [1.29, 1.82) is 0 Å². The number of rotatable bonds is 7. The van der Waals surface area contributed by atoms with Crippen LogP contribution in [0.3, 0.4) is 0 Å². The van der Waals surface area contributed by atoms with Crippen LogP contribution in [0.25, 0.3) is 0 Å². The van der Waals surface area contributed by atoms with E-state index in [1.54, 1.807) is 0 Å². The molecule has 2 N–H and O–H groups in total. The van der Waals surface area contributed by atoms with Gasteiger partial charge in [0, 0.05) is 18.7 Å². The maximum absolute atomic E-state index is 11.9. The molecular weight excluding hydrogens is 264 g/mol. The summed E-state index contributed by atoms with van der Waals surface area (Å²) in [7, 11) is 0. The quantitative estimate of drug-likeness (QED) is 0.452. The predicted molar refractivity (Wildman–Crippen MR) is 71.9 cm³/mol. The maximum atomic E-state index is 11.9. The SMILES string of the molecule is CCCCCNC(=O)c1cc([N+](=O)[O-])ccc1C(=O)O. The van der Waals surface area contributed by atoms with Crippen molar-refractivity contribution in [3.05, 3.63) is 39.4 Å². The van der Waals surface area contributed by atoms with E-state index >= 15 is 0 Å². The second-order valence-corrected chi connectivity index (χ2v) is 4.26. The number of aromatic carboxylic acids is 1. The largest absolute Gasteiger partial charge is 0.478 e. The molecule has 0 aliphatic rings. The third kappa shape index (κ3) is 4.04. The third-order valence-electron chi connectivity index (χ3n) is 2.75. The van der Waals surface area contributed by atoms with Crippen LogP contribution in [0.1, 0.15) is 46.9 Å². The summed E-state index contributed by atoms with van der Waals surface area (Å²) in [4.78, 5) is 33.0. The highest BCUT2D eigenvalue weighted by Crippen LogP contribution is 2.18. The average molecular weight is 280 g/mol. The summed E-state index contributed by atoms with van der Waals surface area (Å²) in [5.74, 6) is -1.90. The number of carboxylic acids is 1. The van der Waals surface area contributed by atoms with Crippen molar-refractivity contribution >= 4 is 17.6 Å². The fourth-order valence-corrected chi connectivity index (χ4v) is 1.69. The lowest BCUT2D eigenvalue weighted by atomic mass is 10.1. The summed E-state index contributed by atoms with van der Waals surface area (Å²) in [5, 5.41) is 22.3. The van der Waals surface area contributed by atoms with Gasteiger partial charge in [-0.3, -0.25) is 14.9 Å². The molecule has 0 aromatic heterocycles. The Morgan fingerprint density at radius 1 is 1.30 bits per heavy atom. The first-order chi connectivity index (χ1) is 9.47. The molecule has 1 aromatic rings. The van der Waals surface area contributed by atoms with Crippen LogP contribution >= 0.6 is 0 Å². The van der Waals surface area contributed by atoms with E-state index in [4.69, 9.17) is 5.11 Å². The van der Waals surface area contributed by atoms with Crippen LogP contribution in [-0.2, 0) is 0 Å². The minimum Gasteiger partial charge on any atom is -0.478 e. The highest BCUT2D eigenvalue weighted by atomic mass is 16.6. The van der Waals surface area contributed by atoms with Gasteiger partial charge in [0.25, 0.3) is 11.6 Å². The standard InChI is InChI=1S/C13H16N2O5/c1-2-3-4-7-14-12(16)11-8-9(15(19)20)5-6-10(11)13(17)18/h5-6,8H,2-4,7H2,1H3,(H,14,16)(H,17,18). The van der Waals surface area contributed by atoms with Crippen LogP contribution in [0.2, 0.25) is 0 Å². The van der Waals surface area contributed by atoms with E-state index in [0.717, 1.165) is 37.5 Å². The number of unbranched alkanes of at least 4 members (excludes halogenated alkanes) is 2. The first kappa shape index (κ1) is 15.6. The Kier molecular flexibility index (Phi) is 5.64. The minimum atomic E-state index is -1.29. The average Bonchev–Trinajstić information content (AvgIpc) is 2.42. The zero-order chi connectivity index (χ0) is 15.1. The van der Waals surface area contributed by atoms with Gasteiger partial charge in [0.1, 0.15) is 0 Å². The molecule has 0 spiro atoms. The van der Waals surface area contributed by atoms with Gasteiger partial charge < -0.3 is 10.4 Å². The normalized spacial score (nSPS) is 10.1. The van der Waals surface area contributed by atoms with Gasteiger partial charge in [0.05, 0.1) is 16.1 Å². The van der Waals surface area contributed by atoms with E-state index < -0.39 is 16.8 Å². The topological polar surface area (TPSA) is 110 Å². The highest BCUT2D eigenvalue weighted by Gasteiger charge is 2.20. The fourth-order valence-electron chi connectivity index (χ4n) is 1.69. The van der Waals surface area contributed by atoms with E-state index in [-0.39, 0.29) is 16.8 Å². The van der Waals surface area contributed by atoms with Crippen molar-refractivity contribution in [3.8, 4) is 0 Å². The predicted octanol–water partition coefficient (Wildman–Crippen LogP) is 2.21. The number of nitro groups is 1. The molecule has 0 atom stereocenters. The summed E-state index contributed by atoms with van der Waals surface area (Å²) in [5.41, 5.74) is -0.750. The van der Waals surface area contributed by atoms with Crippen LogP contribution in [0.15, 0.2) is 18.2 Å². The van der Waals surface area contributed by atoms with Crippen LogP contribution in [0.5, 0.6) is 0 Å². The second kappa shape index (κ2) is 7.22. The fraction of sp³-hybridized carbons (Fsp3) is 0.385. The monoisotopic (exact) mass is 280 g/mol. The summed E-state index contributed by atoms with van der Waals surface area (Å²) >= 11 is 0. The number of amides is 1. The number of benzene rings is 1. The van der Waals surface area contributed by atoms with Gasteiger partial charge in [-0.05, 0) is 12.5 Å². The number of nitro benzene ring substituents is 1. The molecule has 0 fully saturated rings. The van der Waals surface area contributed by atoms with E-state index in [1.807, 2.05) is 6.92 Å². The molecule has 108 valence electrons. The smallest absolute Gasteiger partial charge is 0.336 e. The third-order valence-corrected chi connectivity index (χ3v) is 2.75. The summed E-state index contributed by atoms with van der Waals surface area (Å²) in [6.45, 7) is 2.43. The molecule has 0 saturated heterocycles. The van der Waals surface area contributed by atoms with E-state index in [9.17, 15) is 19.7 Å². The van der Waals surface area contributed by atoms with Crippen LogP contribution in [0.4, 0.5) is 5.69 Å². The van der Waals surface area contributed by atoms with Crippen LogP contribution in [-0.4, -0.2) is 28.5 Å². The summed E-state index contributed by atoms with van der Waals surface area (Å²) in [6.07, 6.45) is 2.72. The number of non-ortho nitro benzene ring substituents is 1. The van der Waals surface area contributed by atoms with E-state index in [2.05, 4.69) is 5.32 Å². The molecule has 0 aliphatic carbocycles. The van der Waals surface area contributed by atoms with E-state index in [1.165, 1.54) is 0 Å². The maximum Gasteiger partial charge on any atom is 0.336 e. The van der Waals surface area contributed by atoms with Crippen molar-refractivity contribution in [2.24, 2.45) is 0 Å². The van der Waals surface area contributed by atoms with Gasteiger partial charge >= 0.3 is 5.97 Å². The number of carbonyl (C=O) groups excluding carboxylic acids is 1. The molecule has 0 bridgehead atoms. The Morgan fingerprint density at radius 2 is 2.00 bits per heavy atom. The zero-order valence-corrected chi connectivity index (χ0v) is 11.1. The van der Waals surface area contributed by atoms with Gasteiger partial charge in [-0.2, -0.15) is 0 Å². The summed E-state index contributed by atoms with van der Waals surface area (Å²) < 4.78 is 0. The lowest BCUT2D eigenvalue weighted by molar-refractivity contribution is -0.384. The molecular formula is C13H16N2O5. The number of hydrogen-bond acceptors (Lipinski definition) is 4. The Labute approximate surface area is 115 Å². The molecule has 0 aliphatic heterocycles. The lowest BCUT2D eigenvalue weighted by Gasteiger charge is -2.07. The molecule has 7 heteroatoms. The van der Waals surface area contributed by atoms with Crippen molar-refractivity contribution in [1.82, 2.24) is 5.32 Å². The van der Waals surface area contributed by atoms with Crippen molar-refractivity contribution < 1.29 is 19.6 Å². The Balaban J connectivity index is 2.94. The van der Waals surface area contributed by atoms with Crippen LogP contribution in [0, 0.1) is 10.1 Å². The Bertz CT molecular complexity index is 527. The van der Waals surface area contributed by atoms with Gasteiger partial charge in [0.2, 0.25) is 0 Å². The molecule has 0 saturated carbocycles. The van der Waals surface area contributed by atoms with Crippen molar-refractivity contribution in [2.45, 2.75) is 26.2 Å². The number of nitrogens with zero attached hydrogens (tertiary/aromatic N) is 1. The summed E-state index contributed by atoms with van der Waals surface area (Å²) in [6, 6.07) is 3.12. The molecule has 1 amide bonds. The van der Waals surface area contributed by atoms with Gasteiger partial charge in [0.15, 0.2) is 0 Å². The number of carboxylic acid groups (broad SMARTS) is 1. The number of carbonyl (C=O) groups is 2. The molecule has 0 unspecified atom stereocenters. The molecule has 7 nitrogen and oxygen atoms in total. The molecule has 1 aromatic carbocycles. The molecule has 0 radical (unpaired) electrons. The molecule has 1 rings (SSSR count). The first-order valence-corrected chi connectivity index (χ1v) is 6.27. The zero-order valence-electron chi connectivity index (χ0n) is 11.1. The second-order valence-electron chi connectivity index (χ2n) is 4.26. The van der Waals surface area contributed by atoms with Gasteiger partial charge in [-0.1, -0.05) is 19.8 Å². The van der Waals surface area contributed by atoms with Crippen molar-refractivity contribution in [3.63, 3.8) is 0 Å². The number of nitrogens with one attached hydrogen (secondary N) is 1. The Morgan fingerprint density at radius 3 is 2.55 bits per heavy atom. The van der Waals surface area contributed by atoms with Crippen molar-refractivity contribution in [2.75, 3.05) is 6.54 Å².